The van der Waals surface area contributed by atoms with E-state index in [2.05, 4.69) is 0 Å². The highest BCUT2D eigenvalue weighted by Gasteiger charge is 2.17. The molecule has 0 N–H and O–H groups in total. The number of ether oxygens (including phenoxy) is 2. The minimum Gasteiger partial charge on any atom is -0.494 e. The number of halogens is 2. The molecule has 18 heavy (non-hydrogen) atoms. The van der Waals surface area contributed by atoms with Crippen molar-refractivity contribution in [2.24, 2.45) is 0 Å². The SMILES string of the molecule is CCOc1cccc(OC2=C(F)[CH]C(F)C=C2)c1. The van der Waals surface area contributed by atoms with Crippen molar-refractivity contribution in [1.29, 1.82) is 0 Å². The van der Waals surface area contributed by atoms with Crippen LogP contribution in [0.1, 0.15) is 6.92 Å². The fourth-order valence-corrected chi connectivity index (χ4v) is 1.54. The number of rotatable bonds is 4. The quantitative estimate of drug-likeness (QED) is 0.811. The van der Waals surface area contributed by atoms with E-state index in [4.69, 9.17) is 9.47 Å². The van der Waals surface area contributed by atoms with Crippen molar-refractivity contribution in [3.05, 3.63) is 54.4 Å². The van der Waals surface area contributed by atoms with Crippen LogP contribution in [-0.2, 0) is 0 Å². The first kappa shape index (κ1) is 12.6. The van der Waals surface area contributed by atoms with Gasteiger partial charge in [0.1, 0.15) is 23.5 Å². The molecule has 0 aromatic heterocycles. The Morgan fingerprint density at radius 3 is 2.78 bits per heavy atom. The third-order valence-electron chi connectivity index (χ3n) is 2.32. The Morgan fingerprint density at radius 1 is 1.28 bits per heavy atom. The monoisotopic (exact) mass is 251 g/mol. The van der Waals surface area contributed by atoms with Gasteiger partial charge in [0.2, 0.25) is 0 Å². The van der Waals surface area contributed by atoms with E-state index in [-0.39, 0.29) is 5.76 Å². The first-order valence-corrected chi connectivity index (χ1v) is 5.66. The molecule has 2 nitrogen and oxygen atoms in total. The maximum absolute atomic E-state index is 13.4. The molecule has 95 valence electrons. The lowest BCUT2D eigenvalue weighted by atomic mass is 10.1. The summed E-state index contributed by atoms with van der Waals surface area (Å²) in [5.74, 6) is 0.383. The molecule has 4 heteroatoms. The topological polar surface area (TPSA) is 18.5 Å². The van der Waals surface area contributed by atoms with Gasteiger partial charge in [-0.25, -0.2) is 8.78 Å². The zero-order valence-corrected chi connectivity index (χ0v) is 9.90. The Labute approximate surface area is 105 Å². The Morgan fingerprint density at radius 2 is 2.06 bits per heavy atom. The highest BCUT2D eigenvalue weighted by atomic mass is 19.1. The van der Waals surface area contributed by atoms with E-state index in [1.165, 1.54) is 12.2 Å². The standard InChI is InChI=1S/C14H13F2O2/c1-2-17-11-4-3-5-12(9-11)18-14-7-6-10(15)8-13(14)16/h3-10H,2H2,1H3. The van der Waals surface area contributed by atoms with Gasteiger partial charge in [0, 0.05) is 6.07 Å². The Hall–Kier alpha value is -1.84. The van der Waals surface area contributed by atoms with Gasteiger partial charge in [-0.2, -0.15) is 0 Å². The first-order chi connectivity index (χ1) is 8.69. The van der Waals surface area contributed by atoms with Crippen LogP contribution in [0, 0.1) is 6.42 Å². The van der Waals surface area contributed by atoms with Gasteiger partial charge < -0.3 is 9.47 Å². The number of benzene rings is 1. The molecule has 1 atom stereocenters. The molecule has 0 bridgehead atoms. The average Bonchev–Trinajstić information content (AvgIpc) is 2.34. The van der Waals surface area contributed by atoms with Crippen LogP contribution in [0.25, 0.3) is 0 Å². The Kier molecular flexibility index (Phi) is 3.97. The molecular weight excluding hydrogens is 238 g/mol. The maximum atomic E-state index is 13.4. The highest BCUT2D eigenvalue weighted by molar-refractivity contribution is 5.38. The molecule has 1 radical (unpaired) electrons. The second-order valence-corrected chi connectivity index (χ2v) is 3.69. The summed E-state index contributed by atoms with van der Waals surface area (Å²) in [6.45, 7) is 2.41. The molecule has 0 fully saturated rings. The summed E-state index contributed by atoms with van der Waals surface area (Å²) < 4.78 is 36.9. The molecule has 0 saturated carbocycles. The summed E-state index contributed by atoms with van der Waals surface area (Å²) in [6.07, 6.45) is 1.98. The van der Waals surface area contributed by atoms with E-state index in [1.807, 2.05) is 6.92 Å². The van der Waals surface area contributed by atoms with Gasteiger partial charge in [0.25, 0.3) is 0 Å². The molecule has 1 aliphatic rings. The van der Waals surface area contributed by atoms with E-state index < -0.39 is 12.0 Å². The molecule has 0 saturated heterocycles. The lowest BCUT2D eigenvalue weighted by molar-refractivity contribution is 0.336. The third-order valence-corrected chi connectivity index (χ3v) is 2.32. The van der Waals surface area contributed by atoms with Crippen LogP contribution in [0.15, 0.2) is 48.0 Å². The molecule has 0 amide bonds. The van der Waals surface area contributed by atoms with Crippen molar-refractivity contribution in [1.82, 2.24) is 0 Å². The number of allylic oxidation sites excluding steroid dienone is 3. The number of alkyl halides is 1. The smallest absolute Gasteiger partial charge is 0.159 e. The highest BCUT2D eigenvalue weighted by Crippen LogP contribution is 2.26. The van der Waals surface area contributed by atoms with Crippen LogP contribution in [0.3, 0.4) is 0 Å². The van der Waals surface area contributed by atoms with Gasteiger partial charge in [-0.05, 0) is 31.2 Å². The predicted octanol–water partition coefficient (Wildman–Crippen LogP) is 3.76. The van der Waals surface area contributed by atoms with Gasteiger partial charge in [-0.1, -0.05) is 6.07 Å². The summed E-state index contributed by atoms with van der Waals surface area (Å²) in [4.78, 5) is 0. The molecule has 1 aromatic carbocycles. The van der Waals surface area contributed by atoms with Crippen LogP contribution in [0.2, 0.25) is 0 Å². The van der Waals surface area contributed by atoms with E-state index >= 15 is 0 Å². The van der Waals surface area contributed by atoms with Crippen molar-refractivity contribution in [2.45, 2.75) is 13.1 Å². The fourth-order valence-electron chi connectivity index (χ4n) is 1.54. The van der Waals surface area contributed by atoms with Gasteiger partial charge >= 0.3 is 0 Å². The van der Waals surface area contributed by atoms with Crippen LogP contribution < -0.4 is 9.47 Å². The van der Waals surface area contributed by atoms with Gasteiger partial charge in [0.15, 0.2) is 5.76 Å². The minimum atomic E-state index is -1.40. The zero-order chi connectivity index (χ0) is 13.0. The van der Waals surface area contributed by atoms with Gasteiger partial charge in [-0.3, -0.25) is 0 Å². The summed E-state index contributed by atoms with van der Waals surface area (Å²) in [6, 6.07) is 6.85. The normalized spacial score (nSPS) is 18.9. The Balaban J connectivity index is 2.12. The molecule has 0 spiro atoms. The summed E-state index contributed by atoms with van der Waals surface area (Å²) >= 11 is 0. The first-order valence-electron chi connectivity index (χ1n) is 5.66. The molecule has 2 rings (SSSR count). The van der Waals surface area contributed by atoms with Crippen molar-refractivity contribution < 1.29 is 18.3 Å². The summed E-state index contributed by atoms with van der Waals surface area (Å²) in [5, 5.41) is 0. The minimum absolute atomic E-state index is 0.00227. The summed E-state index contributed by atoms with van der Waals surface area (Å²) in [7, 11) is 0. The lowest BCUT2D eigenvalue weighted by Crippen LogP contribution is -2.07. The van der Waals surface area contributed by atoms with E-state index in [0.717, 1.165) is 6.42 Å². The molecule has 1 unspecified atom stereocenters. The van der Waals surface area contributed by atoms with Crippen molar-refractivity contribution >= 4 is 0 Å². The predicted molar refractivity (Wildman–Crippen MR) is 64.7 cm³/mol. The number of hydrogen-bond donors (Lipinski definition) is 0. The second-order valence-electron chi connectivity index (χ2n) is 3.69. The molecule has 0 heterocycles. The van der Waals surface area contributed by atoms with Crippen LogP contribution in [0.5, 0.6) is 11.5 Å². The van der Waals surface area contributed by atoms with E-state index in [1.54, 1.807) is 24.3 Å². The van der Waals surface area contributed by atoms with Gasteiger partial charge in [-0.15, -0.1) is 0 Å². The Bertz CT molecular complexity index is 480. The molecule has 1 aliphatic carbocycles. The van der Waals surface area contributed by atoms with Crippen LogP contribution in [-0.4, -0.2) is 12.8 Å². The van der Waals surface area contributed by atoms with E-state index in [0.29, 0.717) is 18.1 Å². The van der Waals surface area contributed by atoms with Crippen molar-refractivity contribution in [3.63, 3.8) is 0 Å². The number of hydrogen-bond acceptors (Lipinski definition) is 2. The van der Waals surface area contributed by atoms with Crippen molar-refractivity contribution in [3.8, 4) is 11.5 Å². The summed E-state index contributed by atoms with van der Waals surface area (Å²) in [5.41, 5.74) is 0. The molecule has 0 aliphatic heterocycles. The zero-order valence-electron chi connectivity index (χ0n) is 9.90. The van der Waals surface area contributed by atoms with Crippen LogP contribution >= 0.6 is 0 Å². The van der Waals surface area contributed by atoms with Crippen molar-refractivity contribution in [2.75, 3.05) is 6.61 Å². The van der Waals surface area contributed by atoms with E-state index in [9.17, 15) is 8.78 Å². The third kappa shape index (κ3) is 3.09. The average molecular weight is 251 g/mol. The molecule has 1 aromatic rings. The fraction of sp³-hybridized carbons (Fsp3) is 0.214. The maximum Gasteiger partial charge on any atom is 0.159 e. The largest absolute Gasteiger partial charge is 0.494 e. The molecular formula is C14H13F2O2. The second kappa shape index (κ2) is 5.67. The van der Waals surface area contributed by atoms with Gasteiger partial charge in [0.05, 0.1) is 13.0 Å². The lowest BCUT2D eigenvalue weighted by Gasteiger charge is -2.13. The van der Waals surface area contributed by atoms with Crippen LogP contribution in [0.4, 0.5) is 8.78 Å².